The molecule has 2 bridgehead atoms. The van der Waals surface area contributed by atoms with Crippen LogP contribution in [-0.2, 0) is 29.2 Å². The number of carbonyl (C=O) groups excluding carboxylic acids is 1. The minimum Gasteiger partial charge on any atom is -0.493 e. The smallest absolute Gasteiger partial charge is 0.416 e. The van der Waals surface area contributed by atoms with Gasteiger partial charge in [-0.15, -0.1) is 0 Å². The Morgan fingerprint density at radius 2 is 1.95 bits per heavy atom. The molecule has 6 rings (SSSR count). The Labute approximate surface area is 220 Å². The maximum absolute atomic E-state index is 13.4. The number of ether oxygens (including phenoxy) is 2. The van der Waals surface area contributed by atoms with Crippen LogP contribution in [0.25, 0.3) is 0 Å². The highest BCUT2D eigenvalue weighted by Gasteiger charge is 2.73. The molecule has 5 atom stereocenters. The lowest BCUT2D eigenvalue weighted by molar-refractivity contribution is -0.196. The summed E-state index contributed by atoms with van der Waals surface area (Å²) in [6.45, 7) is 0.821. The Morgan fingerprint density at radius 3 is 2.63 bits per heavy atom. The van der Waals surface area contributed by atoms with E-state index in [1.807, 2.05) is 6.07 Å². The third-order valence-electron chi connectivity index (χ3n) is 9.70. The lowest BCUT2D eigenvalue weighted by atomic mass is 9.48. The van der Waals surface area contributed by atoms with Crippen molar-refractivity contribution in [2.24, 2.45) is 0 Å². The Morgan fingerprint density at radius 1 is 1.21 bits per heavy atom. The number of amides is 1. The maximum Gasteiger partial charge on any atom is 0.416 e. The van der Waals surface area contributed by atoms with Crippen LogP contribution in [0.5, 0.6) is 11.5 Å². The second-order valence-electron chi connectivity index (χ2n) is 11.3. The molecule has 4 aliphatic rings. The molecule has 1 spiro atoms. The Bertz CT molecular complexity index is 1270. The summed E-state index contributed by atoms with van der Waals surface area (Å²) in [5, 5.41) is 12.4. The molecule has 2 aliphatic carbocycles. The first kappa shape index (κ1) is 25.5. The average molecular weight is 531 g/mol. The number of aryl methyl sites for hydroxylation is 1. The van der Waals surface area contributed by atoms with Crippen molar-refractivity contribution in [3.05, 3.63) is 58.7 Å². The molecule has 2 aromatic rings. The SMILES string of the molecule is COc1ccc2c3c1OC1C(N(C)C(=O)CCc4ccc(C(F)(F)F)cc4)CC[C@@]4(O)[C@@H](C2)N(C)CC[C@]314. The zero-order valence-electron chi connectivity index (χ0n) is 21.8. The van der Waals surface area contributed by atoms with Gasteiger partial charge in [0.1, 0.15) is 6.10 Å². The summed E-state index contributed by atoms with van der Waals surface area (Å²) in [6.07, 6.45) is -1.66. The zero-order valence-corrected chi connectivity index (χ0v) is 21.8. The standard InChI is InChI=1S/C29H33F3N2O4/c1-33-15-14-27-24-18-7-10-21(37-3)25(24)38-26(27)20(12-13-28(27,36)22(33)16-18)34(2)23(35)11-6-17-4-8-19(9-5-17)29(30,31)32/h4-5,7-10,20,22,26,36H,6,11-16H2,1-3H3/t20?,22-,26?,27+,28-/m1/s1. The summed E-state index contributed by atoms with van der Waals surface area (Å²) in [4.78, 5) is 17.4. The number of likely N-dealkylation sites (N-methyl/N-ethyl adjacent to an activating group) is 2. The van der Waals surface area contributed by atoms with Crippen molar-refractivity contribution < 1.29 is 32.5 Å². The Hall–Kier alpha value is -2.78. The maximum atomic E-state index is 13.4. The van der Waals surface area contributed by atoms with Crippen LogP contribution in [-0.4, -0.2) is 72.4 Å². The summed E-state index contributed by atoms with van der Waals surface area (Å²) in [7, 11) is 5.46. The van der Waals surface area contributed by atoms with Gasteiger partial charge < -0.3 is 24.4 Å². The van der Waals surface area contributed by atoms with Crippen molar-refractivity contribution in [2.75, 3.05) is 27.7 Å². The van der Waals surface area contributed by atoms with Crippen LogP contribution in [0, 0.1) is 0 Å². The van der Waals surface area contributed by atoms with Gasteiger partial charge in [0, 0.05) is 25.1 Å². The van der Waals surface area contributed by atoms with Gasteiger partial charge in [0.05, 0.1) is 29.7 Å². The number of likely N-dealkylation sites (tertiary alicyclic amines) is 1. The predicted octanol–water partition coefficient (Wildman–Crippen LogP) is 3.96. The van der Waals surface area contributed by atoms with Crippen molar-refractivity contribution >= 4 is 5.91 Å². The number of halogens is 3. The molecular formula is C29H33F3N2O4. The first-order valence-electron chi connectivity index (χ1n) is 13.2. The molecule has 1 amide bonds. The quantitative estimate of drug-likeness (QED) is 0.635. The van der Waals surface area contributed by atoms with Gasteiger partial charge in [-0.3, -0.25) is 4.79 Å². The van der Waals surface area contributed by atoms with Crippen molar-refractivity contribution in [2.45, 2.75) is 73.9 Å². The van der Waals surface area contributed by atoms with Crippen LogP contribution in [0.3, 0.4) is 0 Å². The zero-order chi connectivity index (χ0) is 27.0. The van der Waals surface area contributed by atoms with E-state index in [2.05, 4.69) is 18.0 Å². The van der Waals surface area contributed by atoms with E-state index < -0.39 is 28.9 Å². The number of nitrogens with zero attached hydrogens (tertiary/aromatic N) is 2. The molecule has 2 aliphatic heterocycles. The Kier molecular flexibility index (Phi) is 5.78. The second kappa shape index (κ2) is 8.61. The highest BCUT2D eigenvalue weighted by atomic mass is 19.4. The van der Waals surface area contributed by atoms with Crippen LogP contribution >= 0.6 is 0 Å². The number of rotatable bonds is 5. The number of aliphatic hydroxyl groups is 1. The molecule has 204 valence electrons. The summed E-state index contributed by atoms with van der Waals surface area (Å²) < 4.78 is 51.0. The molecule has 38 heavy (non-hydrogen) atoms. The number of hydrogen-bond acceptors (Lipinski definition) is 5. The number of benzene rings is 2. The molecule has 0 aromatic heterocycles. The average Bonchev–Trinajstić information content (AvgIpc) is 3.24. The number of carbonyl (C=O) groups is 1. The molecular weight excluding hydrogens is 497 g/mol. The van der Waals surface area contributed by atoms with Crippen LogP contribution < -0.4 is 9.47 Å². The summed E-state index contributed by atoms with van der Waals surface area (Å²) in [5.74, 6) is 1.24. The van der Waals surface area contributed by atoms with Crippen molar-refractivity contribution in [3.63, 3.8) is 0 Å². The molecule has 1 saturated heterocycles. The lowest BCUT2D eigenvalue weighted by Gasteiger charge is -2.64. The third kappa shape index (κ3) is 3.43. The van der Waals surface area contributed by atoms with Gasteiger partial charge in [-0.25, -0.2) is 0 Å². The van der Waals surface area contributed by atoms with E-state index in [9.17, 15) is 23.1 Å². The largest absolute Gasteiger partial charge is 0.493 e. The molecule has 1 saturated carbocycles. The summed E-state index contributed by atoms with van der Waals surface area (Å²) in [5.41, 5.74) is 0.587. The number of methoxy groups -OCH3 is 1. The number of piperidine rings is 1. The van der Waals surface area contributed by atoms with Gasteiger partial charge in [0.25, 0.3) is 0 Å². The minimum absolute atomic E-state index is 0.0316. The highest BCUT2D eigenvalue weighted by Crippen LogP contribution is 2.65. The number of hydrogen-bond donors (Lipinski definition) is 1. The second-order valence-corrected chi connectivity index (χ2v) is 11.3. The van der Waals surface area contributed by atoms with Gasteiger partial charge in [-0.05, 0) is 75.0 Å². The van der Waals surface area contributed by atoms with Crippen LogP contribution in [0.2, 0.25) is 0 Å². The van der Waals surface area contributed by atoms with E-state index in [1.54, 1.807) is 19.1 Å². The molecule has 6 nitrogen and oxygen atoms in total. The fourth-order valence-corrected chi connectivity index (χ4v) is 7.75. The molecule has 2 heterocycles. The van der Waals surface area contributed by atoms with Gasteiger partial charge in [0.15, 0.2) is 11.5 Å². The van der Waals surface area contributed by atoms with Crippen LogP contribution in [0.4, 0.5) is 13.2 Å². The molecule has 2 fully saturated rings. The van der Waals surface area contributed by atoms with E-state index in [0.29, 0.717) is 36.3 Å². The van der Waals surface area contributed by atoms with E-state index in [1.165, 1.54) is 17.7 Å². The van der Waals surface area contributed by atoms with E-state index in [-0.39, 0.29) is 24.4 Å². The van der Waals surface area contributed by atoms with Crippen molar-refractivity contribution in [1.82, 2.24) is 9.80 Å². The monoisotopic (exact) mass is 530 g/mol. The predicted molar refractivity (Wildman–Crippen MR) is 134 cm³/mol. The summed E-state index contributed by atoms with van der Waals surface area (Å²) in [6, 6.07) is 8.70. The topological polar surface area (TPSA) is 62.2 Å². The number of alkyl halides is 3. The van der Waals surface area contributed by atoms with E-state index in [4.69, 9.17) is 9.47 Å². The first-order chi connectivity index (χ1) is 18.0. The summed E-state index contributed by atoms with van der Waals surface area (Å²) >= 11 is 0. The highest BCUT2D eigenvalue weighted by molar-refractivity contribution is 5.77. The Balaban J connectivity index is 1.28. The van der Waals surface area contributed by atoms with Gasteiger partial charge >= 0.3 is 6.18 Å². The lowest BCUT2D eigenvalue weighted by Crippen LogP contribution is -2.77. The van der Waals surface area contributed by atoms with Crippen LogP contribution in [0.15, 0.2) is 36.4 Å². The van der Waals surface area contributed by atoms with Crippen LogP contribution in [0.1, 0.15) is 47.9 Å². The molecule has 9 heteroatoms. The fourth-order valence-electron chi connectivity index (χ4n) is 7.75. The van der Waals surface area contributed by atoms with E-state index in [0.717, 1.165) is 37.1 Å². The minimum atomic E-state index is -4.38. The van der Waals surface area contributed by atoms with Gasteiger partial charge in [0.2, 0.25) is 5.91 Å². The van der Waals surface area contributed by atoms with Crippen molar-refractivity contribution in [3.8, 4) is 11.5 Å². The normalized spacial score (nSPS) is 31.4. The van der Waals surface area contributed by atoms with Crippen molar-refractivity contribution in [1.29, 1.82) is 0 Å². The molecule has 0 radical (unpaired) electrons. The van der Waals surface area contributed by atoms with Gasteiger partial charge in [-0.1, -0.05) is 18.2 Å². The van der Waals surface area contributed by atoms with E-state index >= 15 is 0 Å². The molecule has 1 N–H and O–H groups in total. The first-order valence-corrected chi connectivity index (χ1v) is 13.2. The molecule has 2 unspecified atom stereocenters. The van der Waals surface area contributed by atoms with Gasteiger partial charge in [-0.2, -0.15) is 13.2 Å². The third-order valence-corrected chi connectivity index (χ3v) is 9.70. The molecule has 2 aromatic carbocycles. The fraction of sp³-hybridized carbons (Fsp3) is 0.552.